The molecule has 0 aromatic heterocycles. The molecule has 0 amide bonds. The van der Waals surface area contributed by atoms with Crippen LogP contribution in [-0.4, -0.2) is 19.3 Å². The van der Waals surface area contributed by atoms with Gasteiger partial charge in [0.15, 0.2) is 0 Å². The molecule has 2 N–H and O–H groups in total. The van der Waals surface area contributed by atoms with Crippen LogP contribution in [0.5, 0.6) is 0 Å². The van der Waals surface area contributed by atoms with Gasteiger partial charge in [-0.3, -0.25) is 9.59 Å². The van der Waals surface area contributed by atoms with Gasteiger partial charge < -0.3 is 9.11 Å². The van der Waals surface area contributed by atoms with Gasteiger partial charge in [0.25, 0.3) is 0 Å². The summed E-state index contributed by atoms with van der Waals surface area (Å²) in [5.74, 6) is 0. The molecule has 10 heavy (non-hydrogen) atoms. The molecule has 58 valence electrons. The summed E-state index contributed by atoms with van der Waals surface area (Å²) >= 11 is 0.190. The second-order valence-corrected chi connectivity index (χ2v) is 2.70. The van der Waals surface area contributed by atoms with Crippen LogP contribution in [0.25, 0.3) is 0 Å². The Morgan fingerprint density at radius 1 is 1.00 bits per heavy atom. The van der Waals surface area contributed by atoms with Crippen molar-refractivity contribution in [3.63, 3.8) is 0 Å². The SMILES string of the molecule is O=C(CCC(=O)SO)SO. The van der Waals surface area contributed by atoms with Gasteiger partial charge in [-0.05, 0) is 0 Å². The summed E-state index contributed by atoms with van der Waals surface area (Å²) in [6, 6.07) is 0. The van der Waals surface area contributed by atoms with Crippen molar-refractivity contribution in [3.05, 3.63) is 0 Å². The lowest BCUT2D eigenvalue weighted by Crippen LogP contribution is -1.96. The van der Waals surface area contributed by atoms with Gasteiger partial charge in [-0.25, -0.2) is 0 Å². The standard InChI is InChI=1S/C4H6O4S2/c5-3(9-7)1-2-4(6)10-8/h7-8H,1-2H2. The van der Waals surface area contributed by atoms with Crippen LogP contribution >= 0.6 is 24.1 Å². The molecule has 0 aliphatic rings. The maximum atomic E-state index is 10.3. The van der Waals surface area contributed by atoms with Crippen LogP contribution in [0.3, 0.4) is 0 Å². The third-order valence-electron chi connectivity index (χ3n) is 0.737. The first-order chi connectivity index (χ1) is 4.70. The highest BCUT2D eigenvalue weighted by atomic mass is 32.2. The maximum Gasteiger partial charge on any atom is 0.215 e. The van der Waals surface area contributed by atoms with Crippen LogP contribution in [0.4, 0.5) is 0 Å². The summed E-state index contributed by atoms with van der Waals surface area (Å²) in [6.07, 6.45) is -0.0683. The van der Waals surface area contributed by atoms with Crippen molar-refractivity contribution in [2.45, 2.75) is 12.8 Å². The van der Waals surface area contributed by atoms with E-state index in [1.807, 2.05) is 0 Å². The Hall–Kier alpha value is -0.0400. The second-order valence-electron chi connectivity index (χ2n) is 1.43. The van der Waals surface area contributed by atoms with Crippen LogP contribution in [0.1, 0.15) is 12.8 Å². The second kappa shape index (κ2) is 5.72. The largest absolute Gasteiger partial charge is 0.323 e. The molecule has 0 bridgehead atoms. The molecule has 0 atom stereocenters. The highest BCUT2D eigenvalue weighted by Crippen LogP contribution is 2.06. The van der Waals surface area contributed by atoms with Gasteiger partial charge >= 0.3 is 0 Å². The number of carbonyl (C=O) groups excluding carboxylic acids is 2. The Morgan fingerprint density at radius 2 is 1.30 bits per heavy atom. The van der Waals surface area contributed by atoms with Crippen molar-refractivity contribution in [1.29, 1.82) is 0 Å². The molecule has 0 saturated carbocycles. The summed E-state index contributed by atoms with van der Waals surface area (Å²) in [5, 5.41) is -0.940. The monoisotopic (exact) mass is 182 g/mol. The highest BCUT2D eigenvalue weighted by molar-refractivity contribution is 8.09. The van der Waals surface area contributed by atoms with Gasteiger partial charge in [0.1, 0.15) is 0 Å². The lowest BCUT2D eigenvalue weighted by molar-refractivity contribution is -0.115. The fourth-order valence-electron chi connectivity index (χ4n) is 0.295. The van der Waals surface area contributed by atoms with E-state index in [1.54, 1.807) is 0 Å². The van der Waals surface area contributed by atoms with E-state index < -0.39 is 10.2 Å². The van der Waals surface area contributed by atoms with E-state index in [1.165, 1.54) is 0 Å². The number of rotatable bonds is 3. The van der Waals surface area contributed by atoms with E-state index in [0.717, 1.165) is 0 Å². The minimum atomic E-state index is -0.470. The van der Waals surface area contributed by atoms with Gasteiger partial charge in [-0.2, -0.15) is 0 Å². The van der Waals surface area contributed by atoms with Crippen LogP contribution in [0, 0.1) is 0 Å². The number of hydrogen-bond acceptors (Lipinski definition) is 6. The fourth-order valence-corrected chi connectivity index (χ4v) is 0.682. The average Bonchev–Trinajstić information content (AvgIpc) is 1.99. The first kappa shape index (κ1) is 9.96. The third kappa shape index (κ3) is 4.80. The van der Waals surface area contributed by atoms with Gasteiger partial charge in [0, 0.05) is 12.8 Å². The molecular weight excluding hydrogens is 176 g/mol. The predicted octanol–water partition coefficient (Wildman–Crippen LogP) is 1.23. The lowest BCUT2D eigenvalue weighted by Gasteiger charge is -1.91. The zero-order valence-electron chi connectivity index (χ0n) is 4.94. The fraction of sp³-hybridized carbons (Fsp3) is 0.500. The van der Waals surface area contributed by atoms with Gasteiger partial charge in [0.05, 0.1) is 24.1 Å². The minimum Gasteiger partial charge on any atom is -0.323 e. The van der Waals surface area contributed by atoms with Crippen LogP contribution in [-0.2, 0) is 9.59 Å². The smallest absolute Gasteiger partial charge is 0.215 e. The molecule has 0 rings (SSSR count). The predicted molar refractivity (Wildman–Crippen MR) is 39.7 cm³/mol. The first-order valence-electron chi connectivity index (χ1n) is 2.39. The molecule has 0 unspecified atom stereocenters. The Labute approximate surface area is 66.4 Å². The molecule has 0 aromatic carbocycles. The zero-order chi connectivity index (χ0) is 7.98. The van der Waals surface area contributed by atoms with Gasteiger partial charge in [-0.15, -0.1) is 0 Å². The zero-order valence-corrected chi connectivity index (χ0v) is 6.57. The van der Waals surface area contributed by atoms with E-state index >= 15 is 0 Å². The average molecular weight is 182 g/mol. The summed E-state index contributed by atoms with van der Waals surface area (Å²) in [6.45, 7) is 0. The van der Waals surface area contributed by atoms with Crippen molar-refractivity contribution in [2.24, 2.45) is 0 Å². The van der Waals surface area contributed by atoms with E-state index in [9.17, 15) is 9.59 Å². The summed E-state index contributed by atoms with van der Waals surface area (Å²) in [5.41, 5.74) is 0. The molecule has 0 fully saturated rings. The molecule has 0 aliphatic heterocycles. The van der Waals surface area contributed by atoms with E-state index in [4.69, 9.17) is 9.11 Å². The molecular formula is C4H6O4S2. The Morgan fingerprint density at radius 3 is 1.50 bits per heavy atom. The maximum absolute atomic E-state index is 10.3. The highest BCUT2D eigenvalue weighted by Gasteiger charge is 2.05. The number of hydrogen-bond donors (Lipinski definition) is 2. The molecule has 6 heteroatoms. The van der Waals surface area contributed by atoms with Gasteiger partial charge in [0.2, 0.25) is 10.2 Å². The van der Waals surface area contributed by atoms with Crippen molar-refractivity contribution < 1.29 is 18.7 Å². The van der Waals surface area contributed by atoms with Crippen molar-refractivity contribution in [2.75, 3.05) is 0 Å². The summed E-state index contributed by atoms with van der Waals surface area (Å²) in [7, 11) is 0. The quantitative estimate of drug-likeness (QED) is 0.639. The van der Waals surface area contributed by atoms with Crippen molar-refractivity contribution in [3.8, 4) is 0 Å². The molecule has 0 aliphatic carbocycles. The van der Waals surface area contributed by atoms with Crippen LogP contribution in [0.15, 0.2) is 0 Å². The van der Waals surface area contributed by atoms with E-state index in [0.29, 0.717) is 0 Å². The number of carbonyl (C=O) groups is 2. The molecule has 0 heterocycles. The lowest BCUT2D eigenvalue weighted by atomic mass is 10.4. The molecule has 4 nitrogen and oxygen atoms in total. The summed E-state index contributed by atoms with van der Waals surface area (Å²) in [4.78, 5) is 20.6. The molecule has 0 saturated heterocycles. The van der Waals surface area contributed by atoms with Crippen LogP contribution < -0.4 is 0 Å². The third-order valence-corrected chi connectivity index (χ3v) is 1.55. The minimum absolute atomic E-state index is 0.0342. The topological polar surface area (TPSA) is 74.6 Å². The van der Waals surface area contributed by atoms with Crippen molar-refractivity contribution >= 4 is 34.3 Å². The molecule has 0 spiro atoms. The van der Waals surface area contributed by atoms with Crippen molar-refractivity contribution in [1.82, 2.24) is 0 Å². The first-order valence-corrected chi connectivity index (χ1v) is 3.94. The Kier molecular flexibility index (Phi) is 5.70. The Balaban J connectivity index is 3.35. The molecule has 0 radical (unpaired) electrons. The Bertz CT molecular complexity index is 119. The summed E-state index contributed by atoms with van der Waals surface area (Å²) < 4.78 is 16.2. The van der Waals surface area contributed by atoms with E-state index in [2.05, 4.69) is 0 Å². The van der Waals surface area contributed by atoms with Crippen LogP contribution in [0.2, 0.25) is 0 Å². The molecule has 0 aromatic rings. The van der Waals surface area contributed by atoms with Gasteiger partial charge in [-0.1, -0.05) is 0 Å². The van der Waals surface area contributed by atoms with E-state index in [-0.39, 0.29) is 36.9 Å². The normalized spacial score (nSPS) is 9.40.